The molecule has 2 bridgehead atoms. The van der Waals surface area contributed by atoms with Gasteiger partial charge in [-0.1, -0.05) is 13.3 Å². The molecule has 0 aliphatic carbocycles. The molecule has 17 heavy (non-hydrogen) atoms. The second kappa shape index (κ2) is 5.89. The molecule has 2 nitrogen and oxygen atoms in total. The Morgan fingerprint density at radius 3 is 2.47 bits per heavy atom. The number of rotatable bonds is 4. The molecular weight excluding hydrogens is 208 g/mol. The summed E-state index contributed by atoms with van der Waals surface area (Å²) in [5.74, 6) is 2.87. The van der Waals surface area contributed by atoms with Crippen LogP contribution in [0.15, 0.2) is 0 Å². The molecule has 0 aromatic carbocycles. The van der Waals surface area contributed by atoms with Gasteiger partial charge in [0.1, 0.15) is 0 Å². The second-order valence-corrected chi connectivity index (χ2v) is 5.61. The first-order valence-electron chi connectivity index (χ1n) is 7.18. The number of nitrogens with one attached hydrogen (secondary N) is 1. The van der Waals surface area contributed by atoms with E-state index in [1.807, 2.05) is 0 Å². The average Bonchev–Trinajstić information content (AvgIpc) is 2.34. The predicted octanol–water partition coefficient (Wildman–Crippen LogP) is 2.39. The number of hydrogen-bond acceptors (Lipinski definition) is 2. The van der Waals surface area contributed by atoms with E-state index < -0.39 is 0 Å². The maximum atomic E-state index is 5.53. The average molecular weight is 234 g/mol. The van der Waals surface area contributed by atoms with Crippen molar-refractivity contribution in [1.82, 2.24) is 10.2 Å². The molecule has 2 aliphatic heterocycles. The Balaban J connectivity index is 2.09. The Morgan fingerprint density at radius 1 is 1.35 bits per heavy atom. The molecule has 3 unspecified atom stereocenters. The van der Waals surface area contributed by atoms with Crippen molar-refractivity contribution in [3.05, 3.63) is 0 Å². The fourth-order valence-electron chi connectivity index (χ4n) is 3.85. The molecular formula is C15H26N2. The predicted molar refractivity (Wildman–Crippen MR) is 72.9 cm³/mol. The van der Waals surface area contributed by atoms with E-state index in [9.17, 15) is 0 Å². The molecule has 2 heterocycles. The Hall–Kier alpha value is -0.520. The minimum atomic E-state index is 0.619. The third-order valence-electron chi connectivity index (χ3n) is 4.69. The number of hydrogen-bond donors (Lipinski definition) is 1. The molecule has 0 radical (unpaired) electrons. The monoisotopic (exact) mass is 234 g/mol. The van der Waals surface area contributed by atoms with Crippen molar-refractivity contribution in [3.63, 3.8) is 0 Å². The highest BCUT2D eigenvalue weighted by molar-refractivity contribution is 5.00. The van der Waals surface area contributed by atoms with Gasteiger partial charge in [-0.05, 0) is 39.2 Å². The van der Waals surface area contributed by atoms with Crippen LogP contribution in [0.25, 0.3) is 0 Å². The minimum Gasteiger partial charge on any atom is -0.317 e. The summed E-state index contributed by atoms with van der Waals surface area (Å²) in [5, 5.41) is 3.48. The summed E-state index contributed by atoms with van der Waals surface area (Å²) in [5.41, 5.74) is 0. The summed E-state index contributed by atoms with van der Waals surface area (Å²) in [6.07, 6.45) is 14.4. The molecule has 2 rings (SSSR count). The van der Waals surface area contributed by atoms with E-state index in [1.54, 1.807) is 0 Å². The Labute approximate surface area is 106 Å². The van der Waals surface area contributed by atoms with E-state index in [1.165, 1.54) is 38.5 Å². The highest BCUT2D eigenvalue weighted by Gasteiger charge is 2.40. The Morgan fingerprint density at radius 2 is 2.00 bits per heavy atom. The topological polar surface area (TPSA) is 15.3 Å². The lowest BCUT2D eigenvalue weighted by Gasteiger charge is -2.52. The van der Waals surface area contributed by atoms with E-state index in [2.05, 4.69) is 30.1 Å². The third-order valence-corrected chi connectivity index (χ3v) is 4.69. The smallest absolute Gasteiger partial charge is 0.0243 e. The van der Waals surface area contributed by atoms with Crippen LogP contribution >= 0.6 is 0 Å². The Bertz CT molecular complexity index is 267. The lowest BCUT2D eigenvalue weighted by atomic mass is 9.80. The number of nitrogens with zero attached hydrogens (tertiary/aromatic N) is 1. The van der Waals surface area contributed by atoms with Crippen molar-refractivity contribution in [2.75, 3.05) is 7.05 Å². The van der Waals surface area contributed by atoms with Gasteiger partial charge >= 0.3 is 0 Å². The maximum Gasteiger partial charge on any atom is 0.0243 e. The fraction of sp³-hybridized carbons (Fsp3) is 0.867. The van der Waals surface area contributed by atoms with Crippen molar-refractivity contribution >= 4 is 0 Å². The number of terminal acetylenes is 1. The molecule has 2 saturated heterocycles. The van der Waals surface area contributed by atoms with Gasteiger partial charge in [0, 0.05) is 30.6 Å². The highest BCUT2D eigenvalue weighted by Crippen LogP contribution is 2.36. The largest absolute Gasteiger partial charge is 0.317 e. The zero-order valence-electron chi connectivity index (χ0n) is 11.3. The van der Waals surface area contributed by atoms with Gasteiger partial charge in [-0.25, -0.2) is 0 Å². The summed E-state index contributed by atoms with van der Waals surface area (Å²) >= 11 is 0. The first-order chi connectivity index (χ1) is 8.30. The summed E-state index contributed by atoms with van der Waals surface area (Å²) < 4.78 is 0. The van der Waals surface area contributed by atoms with Gasteiger partial charge in [-0.3, -0.25) is 4.90 Å². The molecule has 2 aliphatic rings. The first kappa shape index (κ1) is 12.9. The zero-order chi connectivity index (χ0) is 12.3. The van der Waals surface area contributed by atoms with Crippen LogP contribution in [0.1, 0.15) is 51.9 Å². The van der Waals surface area contributed by atoms with Gasteiger partial charge in [-0.2, -0.15) is 0 Å². The molecule has 1 N–H and O–H groups in total. The molecule has 3 atom stereocenters. The van der Waals surface area contributed by atoms with Crippen molar-refractivity contribution in [3.8, 4) is 12.3 Å². The quantitative estimate of drug-likeness (QED) is 0.751. The molecule has 96 valence electrons. The van der Waals surface area contributed by atoms with E-state index in [-0.39, 0.29) is 0 Å². The van der Waals surface area contributed by atoms with Crippen LogP contribution in [0.2, 0.25) is 0 Å². The number of piperidine rings is 2. The van der Waals surface area contributed by atoms with Crippen molar-refractivity contribution in [2.45, 2.75) is 76.0 Å². The number of fused-ring (bicyclic) bond motifs is 2. The lowest BCUT2D eigenvalue weighted by molar-refractivity contribution is -0.00952. The minimum absolute atomic E-state index is 0.619. The fourth-order valence-corrected chi connectivity index (χ4v) is 3.85. The SMILES string of the molecule is C#CCC(CC)N1C2CCCC1CC(NC)C2. The standard InChI is InChI=1S/C15H26N2/c1-4-7-13(5-2)17-14-8-6-9-15(17)11-12(10-14)16-3/h1,12-16H,5-11H2,2-3H3. The van der Waals surface area contributed by atoms with Crippen LogP contribution in [0.5, 0.6) is 0 Å². The summed E-state index contributed by atoms with van der Waals surface area (Å²) in [6.45, 7) is 2.28. The van der Waals surface area contributed by atoms with E-state index in [0.717, 1.165) is 24.5 Å². The summed E-state index contributed by atoms with van der Waals surface area (Å²) in [4.78, 5) is 2.78. The van der Waals surface area contributed by atoms with Crippen LogP contribution < -0.4 is 5.32 Å². The van der Waals surface area contributed by atoms with Crippen LogP contribution in [0.4, 0.5) is 0 Å². The van der Waals surface area contributed by atoms with E-state index in [0.29, 0.717) is 6.04 Å². The lowest BCUT2D eigenvalue weighted by Crippen LogP contribution is -2.59. The second-order valence-electron chi connectivity index (χ2n) is 5.61. The highest BCUT2D eigenvalue weighted by atomic mass is 15.2. The molecule has 0 spiro atoms. The van der Waals surface area contributed by atoms with E-state index in [4.69, 9.17) is 6.42 Å². The molecule has 2 heteroatoms. The van der Waals surface area contributed by atoms with Crippen molar-refractivity contribution in [2.24, 2.45) is 0 Å². The molecule has 0 aromatic heterocycles. The normalized spacial score (nSPS) is 35.2. The summed E-state index contributed by atoms with van der Waals surface area (Å²) in [6, 6.07) is 2.90. The van der Waals surface area contributed by atoms with Gasteiger partial charge in [0.15, 0.2) is 0 Å². The summed E-state index contributed by atoms with van der Waals surface area (Å²) in [7, 11) is 2.11. The van der Waals surface area contributed by atoms with Crippen molar-refractivity contribution < 1.29 is 0 Å². The van der Waals surface area contributed by atoms with Crippen LogP contribution in [0.3, 0.4) is 0 Å². The third kappa shape index (κ3) is 2.67. The van der Waals surface area contributed by atoms with E-state index >= 15 is 0 Å². The first-order valence-corrected chi connectivity index (χ1v) is 7.18. The molecule has 0 amide bonds. The molecule has 0 saturated carbocycles. The zero-order valence-corrected chi connectivity index (χ0v) is 11.3. The van der Waals surface area contributed by atoms with Gasteiger partial charge < -0.3 is 5.32 Å². The van der Waals surface area contributed by atoms with Crippen molar-refractivity contribution in [1.29, 1.82) is 0 Å². The maximum absolute atomic E-state index is 5.53. The van der Waals surface area contributed by atoms with Gasteiger partial charge in [0.05, 0.1) is 0 Å². The van der Waals surface area contributed by atoms with Gasteiger partial charge in [0.2, 0.25) is 0 Å². The van der Waals surface area contributed by atoms with Crippen LogP contribution in [0, 0.1) is 12.3 Å². The molecule has 2 fully saturated rings. The van der Waals surface area contributed by atoms with Gasteiger partial charge in [-0.15, -0.1) is 12.3 Å². The Kier molecular flexibility index (Phi) is 4.48. The van der Waals surface area contributed by atoms with Crippen LogP contribution in [-0.2, 0) is 0 Å². The molecule has 0 aromatic rings. The van der Waals surface area contributed by atoms with Crippen LogP contribution in [-0.4, -0.2) is 36.1 Å². The van der Waals surface area contributed by atoms with Gasteiger partial charge in [0.25, 0.3) is 0 Å².